The predicted octanol–water partition coefficient (Wildman–Crippen LogP) is 3.09. The Bertz CT molecular complexity index is 402. The fraction of sp³-hybridized carbons (Fsp3) is 0.417. The van der Waals surface area contributed by atoms with E-state index in [1.54, 1.807) is 12.1 Å². The van der Waals surface area contributed by atoms with Crippen LogP contribution in [0, 0.1) is 0 Å². The SMILES string of the molecule is COC(=O)c1ccc(NC2CCC2)c(Cl)c1. The molecule has 4 heteroatoms. The van der Waals surface area contributed by atoms with Gasteiger partial charge >= 0.3 is 5.97 Å². The van der Waals surface area contributed by atoms with E-state index < -0.39 is 0 Å². The third kappa shape index (κ3) is 2.30. The molecule has 1 saturated carbocycles. The third-order valence-electron chi connectivity index (χ3n) is 2.85. The molecule has 0 aromatic heterocycles. The fourth-order valence-corrected chi connectivity index (χ4v) is 1.88. The van der Waals surface area contributed by atoms with Crippen molar-refractivity contribution in [3.05, 3.63) is 28.8 Å². The minimum absolute atomic E-state index is 0.364. The molecule has 0 aliphatic heterocycles. The molecule has 0 atom stereocenters. The van der Waals surface area contributed by atoms with Crippen molar-refractivity contribution in [2.75, 3.05) is 12.4 Å². The summed E-state index contributed by atoms with van der Waals surface area (Å²) in [6.45, 7) is 0. The highest BCUT2D eigenvalue weighted by atomic mass is 35.5. The molecule has 0 amide bonds. The number of methoxy groups -OCH3 is 1. The summed E-state index contributed by atoms with van der Waals surface area (Å²) >= 11 is 6.09. The Hall–Kier alpha value is -1.22. The molecule has 3 nitrogen and oxygen atoms in total. The van der Waals surface area contributed by atoms with Crippen LogP contribution >= 0.6 is 11.6 Å². The summed E-state index contributed by atoms with van der Waals surface area (Å²) in [5.74, 6) is -0.364. The van der Waals surface area contributed by atoms with E-state index in [0.717, 1.165) is 5.69 Å². The summed E-state index contributed by atoms with van der Waals surface area (Å²) in [5, 5.41) is 3.91. The van der Waals surface area contributed by atoms with Crippen molar-refractivity contribution in [1.29, 1.82) is 0 Å². The molecule has 2 rings (SSSR count). The predicted molar refractivity (Wildman–Crippen MR) is 64.1 cm³/mol. The van der Waals surface area contributed by atoms with E-state index in [2.05, 4.69) is 10.1 Å². The van der Waals surface area contributed by atoms with E-state index in [9.17, 15) is 4.79 Å². The minimum atomic E-state index is -0.364. The number of nitrogens with one attached hydrogen (secondary N) is 1. The number of esters is 1. The van der Waals surface area contributed by atoms with E-state index in [1.165, 1.54) is 26.4 Å². The summed E-state index contributed by atoms with van der Waals surface area (Å²) in [6, 6.07) is 5.71. The standard InChI is InChI=1S/C12H14ClNO2/c1-16-12(15)8-5-6-11(10(13)7-8)14-9-3-2-4-9/h5-7,9,14H,2-4H2,1H3. The van der Waals surface area contributed by atoms with Crippen LogP contribution in [0.25, 0.3) is 0 Å². The largest absolute Gasteiger partial charge is 0.465 e. The Morgan fingerprint density at radius 1 is 1.50 bits per heavy atom. The van der Waals surface area contributed by atoms with Crippen LogP contribution in [0.4, 0.5) is 5.69 Å². The Labute approximate surface area is 99.7 Å². The van der Waals surface area contributed by atoms with Crippen molar-refractivity contribution in [3.63, 3.8) is 0 Å². The number of carbonyl (C=O) groups is 1. The van der Waals surface area contributed by atoms with Crippen molar-refractivity contribution < 1.29 is 9.53 Å². The van der Waals surface area contributed by atoms with E-state index in [1.807, 2.05) is 6.07 Å². The number of benzene rings is 1. The zero-order chi connectivity index (χ0) is 11.5. The molecule has 0 radical (unpaired) electrons. The topological polar surface area (TPSA) is 38.3 Å². The lowest BCUT2D eigenvalue weighted by molar-refractivity contribution is 0.0601. The number of carbonyl (C=O) groups excluding carboxylic acids is 1. The summed E-state index contributed by atoms with van der Waals surface area (Å²) < 4.78 is 4.63. The first-order chi connectivity index (χ1) is 7.70. The summed E-state index contributed by atoms with van der Waals surface area (Å²) in [7, 11) is 1.36. The Kier molecular flexibility index (Phi) is 3.34. The van der Waals surface area contributed by atoms with Crippen LogP contribution in [0.1, 0.15) is 29.6 Å². The smallest absolute Gasteiger partial charge is 0.337 e. The molecular formula is C12H14ClNO2. The first kappa shape index (κ1) is 11.3. The van der Waals surface area contributed by atoms with Crippen LogP contribution in [0.15, 0.2) is 18.2 Å². The van der Waals surface area contributed by atoms with Gasteiger partial charge in [-0.2, -0.15) is 0 Å². The molecular weight excluding hydrogens is 226 g/mol. The molecule has 0 heterocycles. The molecule has 86 valence electrons. The molecule has 1 aromatic carbocycles. The Balaban J connectivity index is 2.12. The van der Waals surface area contributed by atoms with Crippen molar-refractivity contribution in [2.24, 2.45) is 0 Å². The van der Waals surface area contributed by atoms with Gasteiger partial charge in [-0.25, -0.2) is 4.79 Å². The van der Waals surface area contributed by atoms with E-state index in [-0.39, 0.29) is 5.97 Å². The van der Waals surface area contributed by atoms with Gasteiger partial charge in [0.15, 0.2) is 0 Å². The van der Waals surface area contributed by atoms with Crippen LogP contribution in [0.3, 0.4) is 0 Å². The Morgan fingerprint density at radius 2 is 2.25 bits per heavy atom. The maximum Gasteiger partial charge on any atom is 0.337 e. The highest BCUT2D eigenvalue weighted by Crippen LogP contribution is 2.28. The van der Waals surface area contributed by atoms with Gasteiger partial charge in [0.05, 0.1) is 23.4 Å². The van der Waals surface area contributed by atoms with Gasteiger partial charge in [0.25, 0.3) is 0 Å². The summed E-state index contributed by atoms with van der Waals surface area (Å²) in [5.41, 5.74) is 1.37. The normalized spacial score (nSPS) is 15.4. The molecule has 0 saturated heterocycles. The zero-order valence-corrected chi connectivity index (χ0v) is 9.88. The van der Waals surface area contributed by atoms with Crippen LogP contribution in [-0.2, 0) is 4.74 Å². The molecule has 1 N–H and O–H groups in total. The van der Waals surface area contributed by atoms with Crippen LogP contribution in [0.5, 0.6) is 0 Å². The van der Waals surface area contributed by atoms with Crippen LogP contribution < -0.4 is 5.32 Å². The second-order valence-electron chi connectivity index (χ2n) is 3.96. The number of hydrogen-bond donors (Lipinski definition) is 1. The maximum absolute atomic E-state index is 11.3. The lowest BCUT2D eigenvalue weighted by Crippen LogP contribution is -2.27. The van der Waals surface area contributed by atoms with Gasteiger partial charge in [-0.15, -0.1) is 0 Å². The van der Waals surface area contributed by atoms with E-state index >= 15 is 0 Å². The summed E-state index contributed by atoms with van der Waals surface area (Å²) in [6.07, 6.45) is 3.65. The molecule has 1 aliphatic carbocycles. The third-order valence-corrected chi connectivity index (χ3v) is 3.17. The number of ether oxygens (including phenoxy) is 1. The van der Waals surface area contributed by atoms with E-state index in [0.29, 0.717) is 16.6 Å². The average molecular weight is 240 g/mol. The monoisotopic (exact) mass is 239 g/mol. The lowest BCUT2D eigenvalue weighted by Gasteiger charge is -2.28. The second kappa shape index (κ2) is 4.74. The van der Waals surface area contributed by atoms with Gasteiger partial charge in [-0.3, -0.25) is 0 Å². The average Bonchev–Trinajstić information content (AvgIpc) is 2.23. The van der Waals surface area contributed by atoms with Crippen molar-refractivity contribution in [1.82, 2.24) is 0 Å². The van der Waals surface area contributed by atoms with E-state index in [4.69, 9.17) is 11.6 Å². The van der Waals surface area contributed by atoms with Gasteiger partial charge in [0.1, 0.15) is 0 Å². The number of anilines is 1. The van der Waals surface area contributed by atoms with Crippen molar-refractivity contribution >= 4 is 23.3 Å². The molecule has 0 unspecified atom stereocenters. The minimum Gasteiger partial charge on any atom is -0.465 e. The molecule has 1 fully saturated rings. The van der Waals surface area contributed by atoms with Gasteiger partial charge in [0.2, 0.25) is 0 Å². The fourth-order valence-electron chi connectivity index (χ4n) is 1.65. The van der Waals surface area contributed by atoms with Gasteiger partial charge in [-0.1, -0.05) is 11.6 Å². The van der Waals surface area contributed by atoms with Crippen LogP contribution in [0.2, 0.25) is 5.02 Å². The number of halogens is 1. The number of rotatable bonds is 3. The van der Waals surface area contributed by atoms with Crippen molar-refractivity contribution in [2.45, 2.75) is 25.3 Å². The lowest BCUT2D eigenvalue weighted by atomic mass is 9.93. The highest BCUT2D eigenvalue weighted by Gasteiger charge is 2.18. The maximum atomic E-state index is 11.3. The molecule has 0 bridgehead atoms. The molecule has 16 heavy (non-hydrogen) atoms. The second-order valence-corrected chi connectivity index (χ2v) is 4.37. The van der Waals surface area contributed by atoms with Gasteiger partial charge < -0.3 is 10.1 Å². The quantitative estimate of drug-likeness (QED) is 0.824. The first-order valence-corrected chi connectivity index (χ1v) is 5.73. The van der Waals surface area contributed by atoms with Crippen LogP contribution in [-0.4, -0.2) is 19.1 Å². The Morgan fingerprint density at radius 3 is 2.75 bits per heavy atom. The van der Waals surface area contributed by atoms with Gasteiger partial charge in [0, 0.05) is 6.04 Å². The summed E-state index contributed by atoms with van der Waals surface area (Å²) in [4.78, 5) is 11.3. The highest BCUT2D eigenvalue weighted by molar-refractivity contribution is 6.33. The molecule has 1 aliphatic rings. The first-order valence-electron chi connectivity index (χ1n) is 5.35. The van der Waals surface area contributed by atoms with Crippen molar-refractivity contribution in [3.8, 4) is 0 Å². The zero-order valence-electron chi connectivity index (χ0n) is 9.13. The molecule has 1 aromatic rings. The number of hydrogen-bond acceptors (Lipinski definition) is 3. The van der Waals surface area contributed by atoms with Gasteiger partial charge in [-0.05, 0) is 37.5 Å². The molecule has 0 spiro atoms.